The van der Waals surface area contributed by atoms with E-state index in [2.05, 4.69) is 24.5 Å². The van der Waals surface area contributed by atoms with Crippen LogP contribution in [0.15, 0.2) is 18.2 Å². The van der Waals surface area contributed by atoms with Gasteiger partial charge in [0, 0.05) is 18.7 Å². The van der Waals surface area contributed by atoms with E-state index in [9.17, 15) is 19.7 Å². The highest BCUT2D eigenvalue weighted by Crippen LogP contribution is 2.25. The average molecular weight is 385 g/mol. The predicted molar refractivity (Wildman–Crippen MR) is 100 cm³/mol. The molecule has 1 aromatic rings. The maximum atomic E-state index is 12.2. The molecular weight excluding hydrogens is 360 g/mol. The Morgan fingerprint density at radius 1 is 1.31 bits per heavy atom. The van der Waals surface area contributed by atoms with Crippen molar-refractivity contribution >= 4 is 29.1 Å². The second-order valence-electron chi connectivity index (χ2n) is 6.73. The zero-order chi connectivity index (χ0) is 19.9. The molecule has 26 heavy (non-hydrogen) atoms. The molecule has 144 valence electrons. The van der Waals surface area contributed by atoms with Crippen LogP contribution in [0, 0.1) is 16.0 Å². The van der Waals surface area contributed by atoms with E-state index < -0.39 is 16.5 Å². The number of carbonyl (C=O) groups is 2. The highest BCUT2D eigenvalue weighted by Gasteiger charge is 2.24. The van der Waals surface area contributed by atoms with Crippen molar-refractivity contribution in [2.24, 2.45) is 5.92 Å². The summed E-state index contributed by atoms with van der Waals surface area (Å²) in [6, 6.07) is 3.92. The van der Waals surface area contributed by atoms with Crippen molar-refractivity contribution in [2.75, 3.05) is 27.2 Å². The Labute approximate surface area is 158 Å². The molecule has 2 amide bonds. The van der Waals surface area contributed by atoms with Gasteiger partial charge in [0.05, 0.1) is 16.5 Å². The monoisotopic (exact) mass is 384 g/mol. The van der Waals surface area contributed by atoms with E-state index in [0.29, 0.717) is 12.5 Å². The highest BCUT2D eigenvalue weighted by molar-refractivity contribution is 6.34. The third-order valence-electron chi connectivity index (χ3n) is 3.53. The summed E-state index contributed by atoms with van der Waals surface area (Å²) in [4.78, 5) is 36.7. The summed E-state index contributed by atoms with van der Waals surface area (Å²) in [6.07, 6.45) is 0.799. The quantitative estimate of drug-likeness (QED) is 0.501. The normalized spacial score (nSPS) is 12.1. The zero-order valence-electron chi connectivity index (χ0n) is 15.4. The number of nitro benzene ring substituents is 1. The summed E-state index contributed by atoms with van der Waals surface area (Å²) in [5, 5.41) is 16.3. The number of nitrogens with zero attached hydrogens (tertiary/aromatic N) is 2. The van der Waals surface area contributed by atoms with Crippen LogP contribution in [0.3, 0.4) is 0 Å². The zero-order valence-corrected chi connectivity index (χ0v) is 16.2. The van der Waals surface area contributed by atoms with Gasteiger partial charge >= 0.3 is 0 Å². The second-order valence-corrected chi connectivity index (χ2v) is 7.14. The van der Waals surface area contributed by atoms with Crippen LogP contribution in [0.2, 0.25) is 5.02 Å². The minimum atomic E-state index is -0.759. The van der Waals surface area contributed by atoms with Crippen molar-refractivity contribution in [3.05, 3.63) is 38.9 Å². The number of amides is 2. The van der Waals surface area contributed by atoms with Crippen LogP contribution < -0.4 is 10.6 Å². The van der Waals surface area contributed by atoms with Crippen molar-refractivity contribution < 1.29 is 14.5 Å². The average Bonchev–Trinajstić information content (AvgIpc) is 2.50. The summed E-state index contributed by atoms with van der Waals surface area (Å²) < 4.78 is 0. The van der Waals surface area contributed by atoms with Crippen LogP contribution >= 0.6 is 11.6 Å². The lowest BCUT2D eigenvalue weighted by Crippen LogP contribution is -2.46. The van der Waals surface area contributed by atoms with Gasteiger partial charge in [0.25, 0.3) is 11.6 Å². The molecule has 9 heteroatoms. The molecule has 1 atom stereocenters. The Morgan fingerprint density at radius 2 is 1.96 bits per heavy atom. The molecule has 1 unspecified atom stereocenters. The van der Waals surface area contributed by atoms with Crippen molar-refractivity contribution in [2.45, 2.75) is 26.3 Å². The third-order valence-corrected chi connectivity index (χ3v) is 3.85. The third kappa shape index (κ3) is 6.97. The molecule has 8 nitrogen and oxygen atoms in total. The lowest BCUT2D eigenvalue weighted by Gasteiger charge is -2.24. The molecule has 0 aliphatic carbocycles. The van der Waals surface area contributed by atoms with E-state index in [-0.39, 0.29) is 29.1 Å². The van der Waals surface area contributed by atoms with Crippen LogP contribution in [0.25, 0.3) is 0 Å². The molecule has 0 aromatic heterocycles. The molecule has 0 spiro atoms. The van der Waals surface area contributed by atoms with Crippen molar-refractivity contribution in [1.29, 1.82) is 0 Å². The first-order valence-electron chi connectivity index (χ1n) is 8.27. The largest absolute Gasteiger partial charge is 0.351 e. The summed E-state index contributed by atoms with van der Waals surface area (Å²) in [5.41, 5.74) is -0.653. The van der Waals surface area contributed by atoms with Gasteiger partial charge in [0.15, 0.2) is 0 Å². The number of likely N-dealkylation sites (N-methyl/N-ethyl adjacent to an activating group) is 1. The SMILES string of the molecule is CC(C)CC(CN(C)C)NC(=O)CNC(=O)c1c(Cl)cccc1[N+](=O)[O-]. The minimum absolute atomic E-state index is 0.0394. The minimum Gasteiger partial charge on any atom is -0.351 e. The van der Waals surface area contributed by atoms with Crippen LogP contribution in [0.5, 0.6) is 0 Å². The Balaban J connectivity index is 2.72. The fraction of sp³-hybridized carbons (Fsp3) is 0.529. The number of nitro groups is 1. The maximum absolute atomic E-state index is 12.2. The first-order valence-corrected chi connectivity index (χ1v) is 8.64. The number of rotatable bonds is 9. The fourth-order valence-electron chi connectivity index (χ4n) is 2.61. The highest BCUT2D eigenvalue weighted by atomic mass is 35.5. The maximum Gasteiger partial charge on any atom is 0.283 e. The lowest BCUT2D eigenvalue weighted by molar-refractivity contribution is -0.385. The Kier molecular flexibility index (Phi) is 8.47. The molecule has 0 heterocycles. The van der Waals surface area contributed by atoms with Gasteiger partial charge in [-0.15, -0.1) is 0 Å². The van der Waals surface area contributed by atoms with Crippen LogP contribution in [0.4, 0.5) is 5.69 Å². The first-order chi connectivity index (χ1) is 12.1. The van der Waals surface area contributed by atoms with Crippen LogP contribution in [-0.2, 0) is 4.79 Å². The van der Waals surface area contributed by atoms with E-state index >= 15 is 0 Å². The molecule has 0 fully saturated rings. The molecule has 0 bridgehead atoms. The van der Waals surface area contributed by atoms with Crippen molar-refractivity contribution in [3.63, 3.8) is 0 Å². The topological polar surface area (TPSA) is 105 Å². The summed E-state index contributed by atoms with van der Waals surface area (Å²) in [5.74, 6) is -0.716. The van der Waals surface area contributed by atoms with Crippen LogP contribution in [-0.4, -0.2) is 54.9 Å². The molecule has 0 saturated carbocycles. The molecule has 1 aromatic carbocycles. The number of carbonyl (C=O) groups excluding carboxylic acids is 2. The Bertz CT molecular complexity index is 654. The van der Waals surface area contributed by atoms with Crippen molar-refractivity contribution in [3.8, 4) is 0 Å². The van der Waals surface area contributed by atoms with E-state index in [1.54, 1.807) is 0 Å². The van der Waals surface area contributed by atoms with E-state index in [0.717, 1.165) is 6.42 Å². The summed E-state index contributed by atoms with van der Waals surface area (Å²) in [7, 11) is 3.83. The fourth-order valence-corrected chi connectivity index (χ4v) is 2.86. The van der Waals surface area contributed by atoms with Gasteiger partial charge in [-0.1, -0.05) is 31.5 Å². The number of hydrogen-bond acceptors (Lipinski definition) is 5. The van der Waals surface area contributed by atoms with Gasteiger partial charge < -0.3 is 15.5 Å². The van der Waals surface area contributed by atoms with E-state index in [1.165, 1.54) is 18.2 Å². The van der Waals surface area contributed by atoms with Gasteiger partial charge in [0.2, 0.25) is 5.91 Å². The van der Waals surface area contributed by atoms with Crippen molar-refractivity contribution in [1.82, 2.24) is 15.5 Å². The second kappa shape index (κ2) is 10.1. The molecule has 1 rings (SSSR count). The number of hydrogen-bond donors (Lipinski definition) is 2. The Hall–Kier alpha value is -2.19. The van der Waals surface area contributed by atoms with Crippen LogP contribution in [0.1, 0.15) is 30.6 Å². The summed E-state index contributed by atoms with van der Waals surface area (Å²) in [6.45, 7) is 4.51. The number of halogens is 1. The number of benzene rings is 1. The smallest absolute Gasteiger partial charge is 0.283 e. The van der Waals surface area contributed by atoms with Gasteiger partial charge in [-0.2, -0.15) is 0 Å². The van der Waals surface area contributed by atoms with Gasteiger partial charge in [-0.3, -0.25) is 19.7 Å². The molecule has 2 N–H and O–H groups in total. The molecular formula is C17H25ClN4O4. The first kappa shape index (κ1) is 21.9. The standard InChI is InChI=1S/C17H25ClN4O4/c1-11(2)8-12(10-21(3)4)20-15(23)9-19-17(24)16-13(18)6-5-7-14(16)22(25)26/h5-7,11-12H,8-10H2,1-4H3,(H,19,24)(H,20,23). The summed E-state index contributed by atoms with van der Waals surface area (Å²) >= 11 is 5.91. The predicted octanol–water partition coefficient (Wildman–Crippen LogP) is 2.07. The Morgan fingerprint density at radius 3 is 2.50 bits per heavy atom. The van der Waals surface area contributed by atoms with Gasteiger partial charge in [-0.05, 0) is 32.5 Å². The molecule has 0 aliphatic rings. The van der Waals surface area contributed by atoms with Gasteiger partial charge in [-0.25, -0.2) is 0 Å². The van der Waals surface area contributed by atoms with E-state index in [4.69, 9.17) is 11.6 Å². The van der Waals surface area contributed by atoms with Gasteiger partial charge in [0.1, 0.15) is 5.56 Å². The molecule has 0 radical (unpaired) electrons. The molecule has 0 aliphatic heterocycles. The van der Waals surface area contributed by atoms with E-state index in [1.807, 2.05) is 19.0 Å². The lowest BCUT2D eigenvalue weighted by atomic mass is 10.0. The molecule has 0 saturated heterocycles. The number of nitrogens with one attached hydrogen (secondary N) is 2.